The van der Waals surface area contributed by atoms with Crippen LogP contribution in [0.5, 0.6) is 5.75 Å². The average molecular weight is 373 g/mol. The molecule has 2 aliphatic rings. The van der Waals surface area contributed by atoms with E-state index in [4.69, 9.17) is 4.74 Å². The third-order valence-electron chi connectivity index (χ3n) is 5.80. The summed E-state index contributed by atoms with van der Waals surface area (Å²) in [4.78, 5) is 31.4. The van der Waals surface area contributed by atoms with Gasteiger partial charge in [-0.25, -0.2) is 0 Å². The molecule has 0 unspecified atom stereocenters. The Balaban J connectivity index is 1.52. The van der Waals surface area contributed by atoms with Gasteiger partial charge in [-0.05, 0) is 50.8 Å². The highest BCUT2D eigenvalue weighted by Crippen LogP contribution is 2.21. The second-order valence-electron chi connectivity index (χ2n) is 7.68. The summed E-state index contributed by atoms with van der Waals surface area (Å²) in [5.74, 6) is 0.995. The van der Waals surface area contributed by atoms with E-state index < -0.39 is 0 Å². The van der Waals surface area contributed by atoms with E-state index >= 15 is 0 Å². The highest BCUT2D eigenvalue weighted by Gasteiger charge is 2.27. The van der Waals surface area contributed by atoms with Crippen molar-refractivity contribution in [1.29, 1.82) is 0 Å². The summed E-state index contributed by atoms with van der Waals surface area (Å²) in [5, 5.41) is 0. The van der Waals surface area contributed by atoms with E-state index in [2.05, 4.69) is 11.8 Å². The second-order valence-corrected chi connectivity index (χ2v) is 7.68. The summed E-state index contributed by atoms with van der Waals surface area (Å²) in [7, 11) is 1.62. The van der Waals surface area contributed by atoms with Gasteiger partial charge in [-0.2, -0.15) is 0 Å². The number of carbonyl (C=O) groups excluding carboxylic acids is 2. The minimum absolute atomic E-state index is 0.0314. The van der Waals surface area contributed by atoms with Gasteiger partial charge in [0.1, 0.15) is 5.75 Å². The molecule has 27 heavy (non-hydrogen) atoms. The Kier molecular flexibility index (Phi) is 6.37. The molecule has 0 aromatic heterocycles. The number of aryl methyl sites for hydroxylation is 1. The van der Waals surface area contributed by atoms with Crippen LogP contribution in [0.25, 0.3) is 0 Å². The van der Waals surface area contributed by atoms with E-state index in [1.807, 2.05) is 34.9 Å². The first-order valence-electron chi connectivity index (χ1n) is 9.95. The fourth-order valence-corrected chi connectivity index (χ4v) is 4.00. The maximum absolute atomic E-state index is 12.8. The van der Waals surface area contributed by atoms with Gasteiger partial charge in [0, 0.05) is 44.3 Å². The monoisotopic (exact) mass is 373 g/mol. The van der Waals surface area contributed by atoms with Crippen molar-refractivity contribution >= 4 is 11.8 Å². The van der Waals surface area contributed by atoms with Gasteiger partial charge in [0.2, 0.25) is 5.91 Å². The van der Waals surface area contributed by atoms with Gasteiger partial charge in [-0.1, -0.05) is 6.07 Å². The molecule has 0 N–H and O–H groups in total. The van der Waals surface area contributed by atoms with Gasteiger partial charge in [-0.3, -0.25) is 14.5 Å². The summed E-state index contributed by atoms with van der Waals surface area (Å²) in [6, 6.07) is 5.94. The van der Waals surface area contributed by atoms with E-state index in [0.29, 0.717) is 31.2 Å². The number of hydrogen-bond acceptors (Lipinski definition) is 4. The third kappa shape index (κ3) is 4.61. The minimum Gasteiger partial charge on any atom is -0.496 e. The van der Waals surface area contributed by atoms with E-state index in [1.54, 1.807) is 7.11 Å². The van der Waals surface area contributed by atoms with Crippen LogP contribution in [-0.2, 0) is 4.79 Å². The van der Waals surface area contributed by atoms with Gasteiger partial charge < -0.3 is 14.5 Å². The molecule has 1 atom stereocenters. The molecule has 2 amide bonds. The van der Waals surface area contributed by atoms with Gasteiger partial charge in [0.05, 0.1) is 13.7 Å². The van der Waals surface area contributed by atoms with Crippen LogP contribution in [0.4, 0.5) is 0 Å². The highest BCUT2D eigenvalue weighted by molar-refractivity contribution is 5.94. The van der Waals surface area contributed by atoms with Crippen LogP contribution in [0.3, 0.4) is 0 Å². The zero-order valence-corrected chi connectivity index (χ0v) is 16.7. The molecule has 0 spiro atoms. The maximum atomic E-state index is 12.8. The molecule has 2 saturated heterocycles. The quantitative estimate of drug-likeness (QED) is 0.812. The molecule has 2 fully saturated rings. The molecule has 3 rings (SSSR count). The smallest absolute Gasteiger partial charge is 0.254 e. The van der Waals surface area contributed by atoms with E-state index in [0.717, 1.165) is 43.8 Å². The van der Waals surface area contributed by atoms with E-state index in [-0.39, 0.29) is 11.8 Å². The molecule has 0 bridgehead atoms. The first kappa shape index (κ1) is 19.7. The zero-order chi connectivity index (χ0) is 19.4. The van der Waals surface area contributed by atoms with Crippen molar-refractivity contribution in [2.24, 2.45) is 0 Å². The zero-order valence-electron chi connectivity index (χ0n) is 16.7. The normalized spacial score (nSPS) is 21.2. The van der Waals surface area contributed by atoms with Crippen molar-refractivity contribution in [2.75, 3.05) is 46.4 Å². The van der Waals surface area contributed by atoms with Crippen LogP contribution in [0.15, 0.2) is 18.2 Å². The Morgan fingerprint density at radius 3 is 2.52 bits per heavy atom. The van der Waals surface area contributed by atoms with E-state index in [9.17, 15) is 9.59 Å². The Morgan fingerprint density at radius 2 is 1.85 bits per heavy atom. The van der Waals surface area contributed by atoms with Crippen LogP contribution in [0, 0.1) is 6.92 Å². The number of amides is 2. The Morgan fingerprint density at radius 1 is 1.11 bits per heavy atom. The molecule has 148 valence electrons. The lowest BCUT2D eigenvalue weighted by atomic mass is 10.0. The van der Waals surface area contributed by atoms with Crippen molar-refractivity contribution in [3.05, 3.63) is 29.3 Å². The van der Waals surface area contributed by atoms with Crippen molar-refractivity contribution in [3.8, 4) is 5.75 Å². The highest BCUT2D eigenvalue weighted by atomic mass is 16.5. The fraction of sp³-hybridized carbons (Fsp3) is 0.619. The SMILES string of the molecule is COc1cc(C(=O)N2CCN(CC(=O)N3CCCC[C@@H]3C)CC2)ccc1C. The number of benzene rings is 1. The first-order valence-corrected chi connectivity index (χ1v) is 9.95. The molecule has 1 aromatic rings. The van der Waals surface area contributed by atoms with Gasteiger partial charge in [0.25, 0.3) is 5.91 Å². The summed E-state index contributed by atoms with van der Waals surface area (Å²) < 4.78 is 5.33. The molecule has 1 aromatic carbocycles. The van der Waals surface area contributed by atoms with Gasteiger partial charge in [-0.15, -0.1) is 0 Å². The van der Waals surface area contributed by atoms with Crippen LogP contribution in [0.2, 0.25) is 0 Å². The van der Waals surface area contributed by atoms with Crippen LogP contribution < -0.4 is 4.74 Å². The fourth-order valence-electron chi connectivity index (χ4n) is 4.00. The van der Waals surface area contributed by atoms with Crippen LogP contribution in [0.1, 0.15) is 42.1 Å². The lowest BCUT2D eigenvalue weighted by Crippen LogP contribution is -2.53. The molecule has 2 aliphatic heterocycles. The lowest BCUT2D eigenvalue weighted by Gasteiger charge is -2.38. The molecule has 0 saturated carbocycles. The largest absolute Gasteiger partial charge is 0.496 e. The number of likely N-dealkylation sites (tertiary alicyclic amines) is 1. The number of carbonyl (C=O) groups is 2. The number of piperazine rings is 1. The standard InChI is InChI=1S/C21H31N3O3/c1-16-7-8-18(14-19(16)27-3)21(26)23-12-10-22(11-13-23)15-20(25)24-9-5-4-6-17(24)2/h7-8,14,17H,4-6,9-13,15H2,1-3H3/t17-/m0/s1. The predicted octanol–water partition coefficient (Wildman–Crippen LogP) is 2.16. The Labute approximate surface area is 162 Å². The molecule has 0 radical (unpaired) electrons. The van der Waals surface area contributed by atoms with Gasteiger partial charge in [0.15, 0.2) is 0 Å². The summed E-state index contributed by atoms with van der Waals surface area (Å²) in [6.07, 6.45) is 3.43. The third-order valence-corrected chi connectivity index (χ3v) is 5.80. The van der Waals surface area contributed by atoms with Crippen molar-refractivity contribution in [3.63, 3.8) is 0 Å². The van der Waals surface area contributed by atoms with Crippen LogP contribution >= 0.6 is 0 Å². The topological polar surface area (TPSA) is 53.1 Å². The number of nitrogens with zero attached hydrogens (tertiary/aromatic N) is 3. The first-order chi connectivity index (χ1) is 13.0. The Hall–Kier alpha value is -2.08. The maximum Gasteiger partial charge on any atom is 0.254 e. The second kappa shape index (κ2) is 8.74. The van der Waals surface area contributed by atoms with Gasteiger partial charge >= 0.3 is 0 Å². The minimum atomic E-state index is 0.0314. The number of rotatable bonds is 4. The van der Waals surface area contributed by atoms with Crippen molar-refractivity contribution in [1.82, 2.24) is 14.7 Å². The van der Waals surface area contributed by atoms with Crippen molar-refractivity contribution < 1.29 is 14.3 Å². The summed E-state index contributed by atoms with van der Waals surface area (Å²) in [5.41, 5.74) is 1.67. The Bertz CT molecular complexity index is 683. The van der Waals surface area contributed by atoms with Crippen LogP contribution in [-0.4, -0.2) is 78.9 Å². The predicted molar refractivity (Wildman–Crippen MR) is 105 cm³/mol. The summed E-state index contributed by atoms with van der Waals surface area (Å²) in [6.45, 7) is 8.23. The van der Waals surface area contributed by atoms with Crippen molar-refractivity contribution in [2.45, 2.75) is 39.2 Å². The lowest BCUT2D eigenvalue weighted by molar-refractivity contribution is -0.136. The molecule has 2 heterocycles. The molecular formula is C21H31N3O3. The molecule has 6 heteroatoms. The molecular weight excluding hydrogens is 342 g/mol. The number of ether oxygens (including phenoxy) is 1. The average Bonchev–Trinajstić information content (AvgIpc) is 2.68. The molecule has 0 aliphatic carbocycles. The molecule has 6 nitrogen and oxygen atoms in total. The number of hydrogen-bond donors (Lipinski definition) is 0. The summed E-state index contributed by atoms with van der Waals surface area (Å²) >= 11 is 0. The number of methoxy groups -OCH3 is 1. The van der Waals surface area contributed by atoms with E-state index in [1.165, 1.54) is 6.42 Å². The number of piperidine rings is 1.